The number of aryl methyl sites for hydroxylation is 2. The average molecular weight is 419 g/mol. The maximum absolute atomic E-state index is 12.3. The number of hydrogen-bond acceptors (Lipinski definition) is 5. The third kappa shape index (κ3) is 6.25. The highest BCUT2D eigenvalue weighted by Crippen LogP contribution is 2.20. The predicted octanol–water partition coefficient (Wildman–Crippen LogP) is 4.01. The van der Waals surface area contributed by atoms with Crippen LogP contribution in [-0.4, -0.2) is 40.6 Å². The molecule has 3 aromatic rings. The molecule has 2 aromatic carbocycles. The molecule has 6 nitrogen and oxygen atoms in total. The third-order valence-electron chi connectivity index (χ3n) is 5.77. The largest absolute Gasteiger partial charge is 0.421 e. The van der Waals surface area contributed by atoms with Gasteiger partial charge in [0.15, 0.2) is 0 Å². The Morgan fingerprint density at radius 3 is 2.74 bits per heavy atom. The molecule has 1 saturated heterocycles. The van der Waals surface area contributed by atoms with Gasteiger partial charge in [0.25, 0.3) is 0 Å². The van der Waals surface area contributed by atoms with E-state index in [0.29, 0.717) is 30.5 Å². The number of carbonyl (C=O) groups excluding carboxylic acids is 1. The van der Waals surface area contributed by atoms with E-state index in [4.69, 9.17) is 4.42 Å². The summed E-state index contributed by atoms with van der Waals surface area (Å²) in [5, 5.41) is 11.3. The van der Waals surface area contributed by atoms with Gasteiger partial charge in [-0.1, -0.05) is 48.0 Å². The number of amides is 1. The number of aromatic nitrogens is 2. The van der Waals surface area contributed by atoms with Gasteiger partial charge in [-0.2, -0.15) is 0 Å². The molecular formula is C25H30N4O2. The van der Waals surface area contributed by atoms with Gasteiger partial charge < -0.3 is 9.73 Å². The molecule has 0 aliphatic carbocycles. The Morgan fingerprint density at radius 2 is 1.94 bits per heavy atom. The molecule has 162 valence electrons. The Bertz CT molecular complexity index is 969. The molecule has 0 saturated carbocycles. The van der Waals surface area contributed by atoms with Crippen LogP contribution in [0.15, 0.2) is 59.0 Å². The van der Waals surface area contributed by atoms with Crippen LogP contribution in [0.2, 0.25) is 0 Å². The lowest BCUT2D eigenvalue weighted by Gasteiger charge is -2.32. The number of carbonyl (C=O) groups is 1. The number of nitrogens with one attached hydrogen (secondary N) is 1. The van der Waals surface area contributed by atoms with E-state index in [1.54, 1.807) is 0 Å². The van der Waals surface area contributed by atoms with Gasteiger partial charge in [-0.3, -0.25) is 9.69 Å². The van der Waals surface area contributed by atoms with Crippen LogP contribution in [0.3, 0.4) is 0 Å². The van der Waals surface area contributed by atoms with Gasteiger partial charge in [0, 0.05) is 38.0 Å². The normalized spacial score (nSPS) is 16.9. The molecular weight excluding hydrogens is 388 g/mol. The highest BCUT2D eigenvalue weighted by atomic mass is 16.4. The fraction of sp³-hybridized carbons (Fsp3) is 0.400. The number of benzene rings is 2. The summed E-state index contributed by atoms with van der Waals surface area (Å²) in [5.74, 6) is 1.53. The first-order chi connectivity index (χ1) is 15.2. The van der Waals surface area contributed by atoms with Crippen molar-refractivity contribution in [1.29, 1.82) is 0 Å². The minimum absolute atomic E-state index is 0.0373. The van der Waals surface area contributed by atoms with Crippen LogP contribution >= 0.6 is 0 Å². The Hall–Kier alpha value is -2.99. The van der Waals surface area contributed by atoms with Gasteiger partial charge in [0.2, 0.25) is 17.7 Å². The molecule has 1 amide bonds. The number of piperidine rings is 1. The minimum atomic E-state index is 0.0373. The van der Waals surface area contributed by atoms with Gasteiger partial charge >= 0.3 is 0 Å². The third-order valence-corrected chi connectivity index (χ3v) is 5.77. The Balaban J connectivity index is 1.19. The highest BCUT2D eigenvalue weighted by molar-refractivity contribution is 5.76. The van der Waals surface area contributed by atoms with E-state index >= 15 is 0 Å². The standard InChI is InChI=1S/C25H30N4O2/c1-19-9-11-22(12-10-19)25-28-27-24(31-25)14-13-23(30)26-16-21-8-5-15-29(18-21)17-20-6-3-2-4-7-20/h2-4,6-7,9-12,21H,5,8,13-18H2,1H3,(H,26,30). The molecule has 6 heteroatoms. The molecule has 2 heterocycles. The van der Waals surface area contributed by atoms with Crippen molar-refractivity contribution in [2.24, 2.45) is 5.92 Å². The van der Waals surface area contributed by atoms with Crippen LogP contribution in [0.5, 0.6) is 0 Å². The van der Waals surface area contributed by atoms with E-state index in [-0.39, 0.29) is 5.91 Å². The molecule has 1 atom stereocenters. The molecule has 31 heavy (non-hydrogen) atoms. The lowest BCUT2D eigenvalue weighted by Crippen LogP contribution is -2.40. The molecule has 0 spiro atoms. The van der Waals surface area contributed by atoms with Crippen molar-refractivity contribution in [1.82, 2.24) is 20.4 Å². The summed E-state index contributed by atoms with van der Waals surface area (Å²) in [5.41, 5.74) is 3.42. The minimum Gasteiger partial charge on any atom is -0.421 e. The second kappa shape index (κ2) is 10.4. The second-order valence-corrected chi connectivity index (χ2v) is 8.40. The van der Waals surface area contributed by atoms with Gasteiger partial charge in [-0.05, 0) is 49.9 Å². The first-order valence-corrected chi connectivity index (χ1v) is 11.1. The summed E-state index contributed by atoms with van der Waals surface area (Å²) < 4.78 is 5.72. The van der Waals surface area contributed by atoms with Gasteiger partial charge in [0.05, 0.1) is 0 Å². The summed E-state index contributed by atoms with van der Waals surface area (Å²) in [4.78, 5) is 14.8. The highest BCUT2D eigenvalue weighted by Gasteiger charge is 2.20. The van der Waals surface area contributed by atoms with Crippen molar-refractivity contribution >= 4 is 5.91 Å². The van der Waals surface area contributed by atoms with Gasteiger partial charge in [0.1, 0.15) is 0 Å². The van der Waals surface area contributed by atoms with Gasteiger partial charge in [-0.25, -0.2) is 0 Å². The molecule has 0 radical (unpaired) electrons. The summed E-state index contributed by atoms with van der Waals surface area (Å²) >= 11 is 0. The number of likely N-dealkylation sites (tertiary alicyclic amines) is 1. The zero-order chi connectivity index (χ0) is 21.5. The first-order valence-electron chi connectivity index (χ1n) is 11.1. The smallest absolute Gasteiger partial charge is 0.247 e. The Kier molecular flexibility index (Phi) is 7.10. The summed E-state index contributed by atoms with van der Waals surface area (Å²) in [6, 6.07) is 18.5. The molecule has 1 fully saturated rings. The van der Waals surface area contributed by atoms with E-state index < -0.39 is 0 Å². The van der Waals surface area contributed by atoms with Crippen molar-refractivity contribution in [2.45, 2.75) is 39.2 Å². The lowest BCUT2D eigenvalue weighted by atomic mass is 9.97. The van der Waals surface area contributed by atoms with Crippen LogP contribution in [0.1, 0.15) is 36.3 Å². The SMILES string of the molecule is Cc1ccc(-c2nnc(CCC(=O)NCC3CCCN(Cc4ccccc4)C3)o2)cc1. The Morgan fingerprint density at radius 1 is 1.13 bits per heavy atom. The fourth-order valence-electron chi connectivity index (χ4n) is 4.04. The van der Waals surface area contributed by atoms with E-state index in [1.165, 1.54) is 17.5 Å². The molecule has 1 aliphatic rings. The average Bonchev–Trinajstić information content (AvgIpc) is 3.27. The van der Waals surface area contributed by atoms with E-state index in [0.717, 1.165) is 38.2 Å². The molecule has 1 unspecified atom stereocenters. The van der Waals surface area contributed by atoms with Crippen molar-refractivity contribution in [3.05, 3.63) is 71.6 Å². The van der Waals surface area contributed by atoms with Crippen LogP contribution in [-0.2, 0) is 17.8 Å². The zero-order valence-electron chi connectivity index (χ0n) is 18.1. The second-order valence-electron chi connectivity index (χ2n) is 8.40. The van der Waals surface area contributed by atoms with Gasteiger partial charge in [-0.15, -0.1) is 10.2 Å². The number of rotatable bonds is 8. The summed E-state index contributed by atoms with van der Waals surface area (Å²) in [6.45, 7) is 5.89. The van der Waals surface area contributed by atoms with Crippen LogP contribution in [0.4, 0.5) is 0 Å². The van der Waals surface area contributed by atoms with Crippen LogP contribution in [0.25, 0.3) is 11.5 Å². The van der Waals surface area contributed by atoms with Crippen LogP contribution in [0, 0.1) is 12.8 Å². The number of nitrogens with zero attached hydrogens (tertiary/aromatic N) is 3. The van der Waals surface area contributed by atoms with Crippen molar-refractivity contribution in [3.8, 4) is 11.5 Å². The first kappa shape index (κ1) is 21.2. The zero-order valence-corrected chi connectivity index (χ0v) is 18.1. The summed E-state index contributed by atoms with van der Waals surface area (Å²) in [7, 11) is 0. The molecule has 4 rings (SSSR count). The van der Waals surface area contributed by atoms with Crippen molar-refractivity contribution in [3.63, 3.8) is 0 Å². The molecule has 0 bridgehead atoms. The van der Waals surface area contributed by atoms with E-state index in [9.17, 15) is 4.79 Å². The number of hydrogen-bond donors (Lipinski definition) is 1. The summed E-state index contributed by atoms with van der Waals surface area (Å²) in [6.07, 6.45) is 3.15. The maximum Gasteiger partial charge on any atom is 0.247 e. The molecule has 1 aliphatic heterocycles. The fourth-order valence-corrected chi connectivity index (χ4v) is 4.04. The lowest BCUT2D eigenvalue weighted by molar-refractivity contribution is -0.121. The predicted molar refractivity (Wildman–Crippen MR) is 120 cm³/mol. The van der Waals surface area contributed by atoms with Crippen molar-refractivity contribution in [2.75, 3.05) is 19.6 Å². The monoisotopic (exact) mass is 418 g/mol. The maximum atomic E-state index is 12.3. The van der Waals surface area contributed by atoms with Crippen molar-refractivity contribution < 1.29 is 9.21 Å². The molecule has 1 N–H and O–H groups in total. The Labute approximate surface area is 183 Å². The van der Waals surface area contributed by atoms with E-state index in [2.05, 4.69) is 50.7 Å². The molecule has 1 aromatic heterocycles. The van der Waals surface area contributed by atoms with Crippen LogP contribution < -0.4 is 5.32 Å². The quantitative estimate of drug-likeness (QED) is 0.599. The van der Waals surface area contributed by atoms with E-state index in [1.807, 2.05) is 31.2 Å². The topological polar surface area (TPSA) is 71.3 Å².